The fourth-order valence-electron chi connectivity index (χ4n) is 1.90. The van der Waals surface area contributed by atoms with E-state index < -0.39 is 0 Å². The molecule has 1 aromatic rings. The Morgan fingerprint density at radius 2 is 2.29 bits per heavy atom. The molecule has 1 heterocycles. The van der Waals surface area contributed by atoms with Gasteiger partial charge >= 0.3 is 0 Å². The Balaban J connectivity index is 1.97. The summed E-state index contributed by atoms with van der Waals surface area (Å²) in [6.07, 6.45) is 1.10. The molecule has 0 bridgehead atoms. The zero-order chi connectivity index (χ0) is 12.3. The SMILES string of the molecule is O=C(NCC1CCNC1)c1cccc(Cl)c1Cl. The molecule has 17 heavy (non-hydrogen) atoms. The Kier molecular flexibility index (Phi) is 4.26. The highest BCUT2D eigenvalue weighted by atomic mass is 35.5. The summed E-state index contributed by atoms with van der Waals surface area (Å²) in [5.74, 6) is 0.348. The molecule has 1 aliphatic rings. The maximum atomic E-state index is 11.9. The Hall–Kier alpha value is -0.770. The highest BCUT2D eigenvalue weighted by Gasteiger charge is 2.17. The van der Waals surface area contributed by atoms with Gasteiger partial charge in [0.1, 0.15) is 0 Å². The first-order valence-electron chi connectivity index (χ1n) is 5.61. The van der Waals surface area contributed by atoms with Crippen LogP contribution in [0.1, 0.15) is 16.8 Å². The molecule has 1 aliphatic heterocycles. The first-order valence-corrected chi connectivity index (χ1v) is 6.37. The molecule has 1 saturated heterocycles. The third-order valence-electron chi connectivity index (χ3n) is 2.91. The lowest BCUT2D eigenvalue weighted by Crippen LogP contribution is -2.30. The molecular formula is C12H14Cl2N2O. The molecule has 1 amide bonds. The first kappa shape index (κ1) is 12.7. The minimum atomic E-state index is -0.163. The molecule has 2 N–H and O–H groups in total. The summed E-state index contributed by atoms with van der Waals surface area (Å²) in [6.45, 7) is 2.66. The topological polar surface area (TPSA) is 41.1 Å². The molecule has 0 radical (unpaired) electrons. The van der Waals surface area contributed by atoms with Crippen molar-refractivity contribution < 1.29 is 4.79 Å². The average molecular weight is 273 g/mol. The second-order valence-corrected chi connectivity index (χ2v) is 4.96. The van der Waals surface area contributed by atoms with Crippen LogP contribution in [0.2, 0.25) is 10.0 Å². The molecule has 0 spiro atoms. The van der Waals surface area contributed by atoms with E-state index in [9.17, 15) is 4.79 Å². The molecule has 2 rings (SSSR count). The van der Waals surface area contributed by atoms with Crippen molar-refractivity contribution in [3.8, 4) is 0 Å². The minimum Gasteiger partial charge on any atom is -0.352 e. The number of hydrogen-bond acceptors (Lipinski definition) is 2. The maximum absolute atomic E-state index is 11.9. The van der Waals surface area contributed by atoms with Gasteiger partial charge in [0.25, 0.3) is 5.91 Å². The lowest BCUT2D eigenvalue weighted by molar-refractivity contribution is 0.0948. The zero-order valence-electron chi connectivity index (χ0n) is 9.30. The lowest BCUT2D eigenvalue weighted by atomic mass is 10.1. The number of nitrogens with one attached hydrogen (secondary N) is 2. The summed E-state index contributed by atoms with van der Waals surface area (Å²) in [4.78, 5) is 11.9. The predicted octanol–water partition coefficient (Wildman–Crippen LogP) is 2.33. The van der Waals surface area contributed by atoms with Crippen LogP contribution in [-0.4, -0.2) is 25.5 Å². The number of carbonyl (C=O) groups excluding carboxylic acids is 1. The third-order valence-corrected chi connectivity index (χ3v) is 3.73. The number of benzene rings is 1. The smallest absolute Gasteiger partial charge is 0.252 e. The largest absolute Gasteiger partial charge is 0.352 e. The van der Waals surface area contributed by atoms with Crippen molar-refractivity contribution in [2.75, 3.05) is 19.6 Å². The van der Waals surface area contributed by atoms with E-state index >= 15 is 0 Å². The quantitative estimate of drug-likeness (QED) is 0.887. The predicted molar refractivity (Wildman–Crippen MR) is 69.8 cm³/mol. The number of rotatable bonds is 3. The molecular weight excluding hydrogens is 259 g/mol. The van der Waals surface area contributed by atoms with Gasteiger partial charge in [-0.1, -0.05) is 29.3 Å². The van der Waals surface area contributed by atoms with Crippen LogP contribution in [-0.2, 0) is 0 Å². The molecule has 92 valence electrons. The molecule has 5 heteroatoms. The van der Waals surface area contributed by atoms with Crippen LogP contribution in [0.15, 0.2) is 18.2 Å². The highest BCUT2D eigenvalue weighted by Crippen LogP contribution is 2.25. The Morgan fingerprint density at radius 1 is 1.47 bits per heavy atom. The van der Waals surface area contributed by atoms with Crippen molar-refractivity contribution in [2.45, 2.75) is 6.42 Å². The fourth-order valence-corrected chi connectivity index (χ4v) is 2.29. The summed E-state index contributed by atoms with van der Waals surface area (Å²) in [7, 11) is 0. The summed E-state index contributed by atoms with van der Waals surface area (Å²) in [5, 5.41) is 6.87. The normalized spacial score (nSPS) is 19.3. The minimum absolute atomic E-state index is 0.163. The number of carbonyl (C=O) groups is 1. The molecule has 0 aliphatic carbocycles. The van der Waals surface area contributed by atoms with E-state index in [4.69, 9.17) is 23.2 Å². The van der Waals surface area contributed by atoms with E-state index in [0.717, 1.165) is 19.5 Å². The maximum Gasteiger partial charge on any atom is 0.252 e. The summed E-state index contributed by atoms with van der Waals surface area (Å²) < 4.78 is 0. The third kappa shape index (κ3) is 3.12. The van der Waals surface area contributed by atoms with E-state index in [2.05, 4.69) is 10.6 Å². The van der Waals surface area contributed by atoms with Crippen molar-refractivity contribution in [1.82, 2.24) is 10.6 Å². The van der Waals surface area contributed by atoms with Crippen molar-refractivity contribution >= 4 is 29.1 Å². The van der Waals surface area contributed by atoms with E-state index in [0.29, 0.717) is 28.1 Å². The van der Waals surface area contributed by atoms with Crippen LogP contribution in [0.25, 0.3) is 0 Å². The number of hydrogen-bond donors (Lipinski definition) is 2. The Labute approximate surface area is 110 Å². The van der Waals surface area contributed by atoms with Crippen LogP contribution >= 0.6 is 23.2 Å². The highest BCUT2D eigenvalue weighted by molar-refractivity contribution is 6.43. The second kappa shape index (κ2) is 5.71. The summed E-state index contributed by atoms with van der Waals surface area (Å²) in [5.41, 5.74) is 0.435. The van der Waals surface area contributed by atoms with Crippen LogP contribution in [0, 0.1) is 5.92 Å². The van der Waals surface area contributed by atoms with Crippen molar-refractivity contribution in [3.63, 3.8) is 0 Å². The van der Waals surface area contributed by atoms with Gasteiger partial charge in [0, 0.05) is 6.54 Å². The van der Waals surface area contributed by atoms with Crippen molar-refractivity contribution in [2.24, 2.45) is 5.92 Å². The van der Waals surface area contributed by atoms with Crippen LogP contribution in [0.3, 0.4) is 0 Å². The van der Waals surface area contributed by atoms with Crippen LogP contribution < -0.4 is 10.6 Å². The van der Waals surface area contributed by atoms with Gasteiger partial charge in [-0.05, 0) is 37.6 Å². The van der Waals surface area contributed by atoms with Crippen molar-refractivity contribution in [3.05, 3.63) is 33.8 Å². The number of halogens is 2. The molecule has 3 nitrogen and oxygen atoms in total. The molecule has 1 fully saturated rings. The van der Waals surface area contributed by atoms with Gasteiger partial charge < -0.3 is 10.6 Å². The number of amides is 1. The monoisotopic (exact) mass is 272 g/mol. The molecule has 0 aromatic heterocycles. The standard InChI is InChI=1S/C12H14Cl2N2O/c13-10-3-1-2-9(11(10)14)12(17)16-7-8-4-5-15-6-8/h1-3,8,15H,4-7H2,(H,16,17). The van der Waals surface area contributed by atoms with E-state index in [1.54, 1.807) is 18.2 Å². The van der Waals surface area contributed by atoms with Crippen LogP contribution in [0.4, 0.5) is 0 Å². The van der Waals surface area contributed by atoms with Gasteiger partial charge in [0.2, 0.25) is 0 Å². The van der Waals surface area contributed by atoms with Gasteiger partial charge in [-0.25, -0.2) is 0 Å². The average Bonchev–Trinajstić information content (AvgIpc) is 2.82. The fraction of sp³-hybridized carbons (Fsp3) is 0.417. The first-order chi connectivity index (χ1) is 8.18. The van der Waals surface area contributed by atoms with Gasteiger partial charge in [-0.15, -0.1) is 0 Å². The van der Waals surface area contributed by atoms with Gasteiger partial charge in [0.05, 0.1) is 15.6 Å². The summed E-state index contributed by atoms with van der Waals surface area (Å²) >= 11 is 11.8. The lowest BCUT2D eigenvalue weighted by Gasteiger charge is -2.11. The van der Waals surface area contributed by atoms with Crippen LogP contribution in [0.5, 0.6) is 0 Å². The van der Waals surface area contributed by atoms with E-state index in [1.165, 1.54) is 0 Å². The second-order valence-electron chi connectivity index (χ2n) is 4.17. The van der Waals surface area contributed by atoms with Crippen molar-refractivity contribution in [1.29, 1.82) is 0 Å². The Morgan fingerprint density at radius 3 is 3.00 bits per heavy atom. The van der Waals surface area contributed by atoms with Gasteiger partial charge in [-0.2, -0.15) is 0 Å². The molecule has 1 aromatic carbocycles. The zero-order valence-corrected chi connectivity index (χ0v) is 10.8. The Bertz CT molecular complexity index is 417. The molecule has 0 saturated carbocycles. The van der Waals surface area contributed by atoms with Gasteiger partial charge in [-0.3, -0.25) is 4.79 Å². The van der Waals surface area contributed by atoms with E-state index in [-0.39, 0.29) is 5.91 Å². The van der Waals surface area contributed by atoms with E-state index in [1.807, 2.05) is 0 Å². The summed E-state index contributed by atoms with van der Waals surface area (Å²) in [6, 6.07) is 5.07. The molecule has 1 atom stereocenters. The molecule has 1 unspecified atom stereocenters. The van der Waals surface area contributed by atoms with Gasteiger partial charge in [0.15, 0.2) is 0 Å².